The summed E-state index contributed by atoms with van der Waals surface area (Å²) in [6.45, 7) is 1.34. The largest absolute Gasteiger partial charge is 0.416 e. The first kappa shape index (κ1) is 19.2. The summed E-state index contributed by atoms with van der Waals surface area (Å²) in [7, 11) is 0. The normalized spacial score (nSPS) is 18.0. The molecule has 7 heteroatoms. The Labute approximate surface area is 166 Å². The molecule has 0 atom stereocenters. The predicted molar refractivity (Wildman–Crippen MR) is 103 cm³/mol. The molecular weight excluding hydrogens is 381 g/mol. The molecule has 2 aliphatic rings. The van der Waals surface area contributed by atoms with Gasteiger partial charge in [-0.2, -0.15) is 13.2 Å². The third kappa shape index (κ3) is 3.52. The lowest BCUT2D eigenvalue weighted by Crippen LogP contribution is -2.37. The highest BCUT2D eigenvalue weighted by Crippen LogP contribution is 2.37. The number of nitrogens with zero attached hydrogens (tertiary/aromatic N) is 2. The molecule has 0 aliphatic carbocycles. The average Bonchev–Trinajstić information content (AvgIpc) is 2.99. The number of halogens is 3. The van der Waals surface area contributed by atoms with Crippen molar-refractivity contribution in [3.63, 3.8) is 0 Å². The Morgan fingerprint density at radius 2 is 1.38 bits per heavy atom. The monoisotopic (exact) mass is 400 g/mol. The lowest BCUT2D eigenvalue weighted by Gasteiger charge is -2.29. The Balaban J connectivity index is 1.76. The van der Waals surface area contributed by atoms with Crippen LogP contribution in [-0.2, 0) is 15.8 Å². The van der Waals surface area contributed by atoms with Gasteiger partial charge >= 0.3 is 6.18 Å². The molecule has 0 spiro atoms. The van der Waals surface area contributed by atoms with Crippen molar-refractivity contribution in [2.75, 3.05) is 18.0 Å². The first-order valence-electron chi connectivity index (χ1n) is 9.48. The molecule has 29 heavy (non-hydrogen) atoms. The Hall–Kier alpha value is -3.09. The molecule has 2 amide bonds. The number of carbonyl (C=O) groups excluding carboxylic acids is 2. The van der Waals surface area contributed by atoms with E-state index < -0.39 is 23.6 Å². The summed E-state index contributed by atoms with van der Waals surface area (Å²) in [6, 6.07) is 13.0. The maximum absolute atomic E-state index is 13.3. The number of piperidine rings is 1. The highest BCUT2D eigenvalue weighted by Gasteiger charge is 2.43. The van der Waals surface area contributed by atoms with Crippen molar-refractivity contribution in [3.05, 3.63) is 71.4 Å². The molecule has 2 aliphatic heterocycles. The van der Waals surface area contributed by atoms with Crippen LogP contribution in [-0.4, -0.2) is 29.8 Å². The van der Waals surface area contributed by atoms with Gasteiger partial charge in [-0.25, -0.2) is 4.90 Å². The fourth-order valence-corrected chi connectivity index (χ4v) is 3.83. The zero-order valence-corrected chi connectivity index (χ0v) is 15.6. The lowest BCUT2D eigenvalue weighted by atomic mass is 10.0. The van der Waals surface area contributed by atoms with Crippen molar-refractivity contribution >= 4 is 23.1 Å². The Morgan fingerprint density at radius 1 is 0.759 bits per heavy atom. The van der Waals surface area contributed by atoms with Gasteiger partial charge in [0.15, 0.2) is 0 Å². The molecule has 0 unspecified atom stereocenters. The summed E-state index contributed by atoms with van der Waals surface area (Å²) in [5.41, 5.74) is 0.570. The van der Waals surface area contributed by atoms with E-state index in [1.165, 1.54) is 12.1 Å². The van der Waals surface area contributed by atoms with Gasteiger partial charge in [0.05, 0.1) is 16.8 Å². The number of likely N-dealkylation sites (tertiary alicyclic amines) is 1. The Morgan fingerprint density at radius 3 is 1.97 bits per heavy atom. The molecule has 0 bridgehead atoms. The summed E-state index contributed by atoms with van der Waals surface area (Å²) in [5, 5.41) is 0. The molecule has 2 aromatic carbocycles. The third-order valence-corrected chi connectivity index (χ3v) is 5.25. The van der Waals surface area contributed by atoms with Crippen LogP contribution in [0.15, 0.2) is 60.3 Å². The second-order valence-corrected chi connectivity index (χ2v) is 7.13. The van der Waals surface area contributed by atoms with Gasteiger partial charge in [-0.3, -0.25) is 9.59 Å². The second-order valence-electron chi connectivity index (χ2n) is 7.13. The van der Waals surface area contributed by atoms with Crippen molar-refractivity contribution in [2.45, 2.75) is 25.4 Å². The molecule has 1 saturated heterocycles. The number of carbonyl (C=O) groups is 2. The molecule has 0 aromatic heterocycles. The molecule has 0 saturated carbocycles. The van der Waals surface area contributed by atoms with Gasteiger partial charge in [-0.1, -0.05) is 30.3 Å². The van der Waals surface area contributed by atoms with Crippen LogP contribution in [0.5, 0.6) is 0 Å². The summed E-state index contributed by atoms with van der Waals surface area (Å²) in [6.07, 6.45) is -1.57. The Bertz CT molecular complexity index is 960. The zero-order chi connectivity index (χ0) is 20.6. The van der Waals surface area contributed by atoms with E-state index in [9.17, 15) is 22.8 Å². The summed E-state index contributed by atoms with van der Waals surface area (Å²) in [5.74, 6) is -1.00. The standard InChI is InChI=1S/C22H19F3N2O2/c23-22(24,25)16-9-11-17(12-10-16)27-20(28)18(15-7-3-1-4-8-15)19(21(27)29)26-13-5-2-6-14-26/h1,3-4,7-12H,2,5-6,13-14H2. The van der Waals surface area contributed by atoms with Crippen LogP contribution in [0, 0.1) is 0 Å². The van der Waals surface area contributed by atoms with E-state index in [4.69, 9.17) is 0 Å². The van der Waals surface area contributed by atoms with Crippen LogP contribution in [0.4, 0.5) is 18.9 Å². The summed E-state index contributed by atoms with van der Waals surface area (Å²) >= 11 is 0. The van der Waals surface area contributed by atoms with Gasteiger partial charge < -0.3 is 4.90 Å². The number of alkyl halides is 3. The molecule has 150 valence electrons. The van der Waals surface area contributed by atoms with Gasteiger partial charge in [-0.05, 0) is 49.1 Å². The van der Waals surface area contributed by atoms with Crippen molar-refractivity contribution in [3.8, 4) is 0 Å². The molecular formula is C22H19F3N2O2. The topological polar surface area (TPSA) is 40.6 Å². The lowest BCUT2D eigenvalue weighted by molar-refractivity contribution is -0.137. The number of rotatable bonds is 3. The zero-order valence-electron chi connectivity index (χ0n) is 15.6. The van der Waals surface area contributed by atoms with Crippen LogP contribution < -0.4 is 4.90 Å². The average molecular weight is 400 g/mol. The number of hydrogen-bond acceptors (Lipinski definition) is 3. The highest BCUT2D eigenvalue weighted by molar-refractivity contribution is 6.45. The van der Waals surface area contributed by atoms with E-state index >= 15 is 0 Å². The van der Waals surface area contributed by atoms with Crippen LogP contribution in [0.3, 0.4) is 0 Å². The molecule has 4 nitrogen and oxygen atoms in total. The maximum atomic E-state index is 13.3. The molecule has 4 rings (SSSR count). The highest BCUT2D eigenvalue weighted by atomic mass is 19.4. The SMILES string of the molecule is O=C1C(c2ccccc2)=C(N2CCCCC2)C(=O)N1c1ccc(C(F)(F)F)cc1. The van der Waals surface area contributed by atoms with E-state index in [-0.39, 0.29) is 5.69 Å². The minimum Gasteiger partial charge on any atom is -0.366 e. The van der Waals surface area contributed by atoms with E-state index in [0.29, 0.717) is 29.9 Å². The van der Waals surface area contributed by atoms with Crippen molar-refractivity contribution in [1.29, 1.82) is 0 Å². The van der Waals surface area contributed by atoms with Gasteiger partial charge in [-0.15, -0.1) is 0 Å². The second kappa shape index (κ2) is 7.39. The van der Waals surface area contributed by atoms with E-state index in [1.54, 1.807) is 24.3 Å². The van der Waals surface area contributed by atoms with Gasteiger partial charge in [0.25, 0.3) is 11.8 Å². The smallest absolute Gasteiger partial charge is 0.366 e. The molecule has 1 fully saturated rings. The minimum atomic E-state index is -4.48. The number of benzene rings is 2. The maximum Gasteiger partial charge on any atom is 0.416 e. The van der Waals surface area contributed by atoms with Gasteiger partial charge in [0.1, 0.15) is 5.70 Å². The summed E-state index contributed by atoms with van der Waals surface area (Å²) < 4.78 is 38.6. The first-order valence-corrected chi connectivity index (χ1v) is 9.48. The number of hydrogen-bond donors (Lipinski definition) is 0. The molecule has 2 aromatic rings. The predicted octanol–water partition coefficient (Wildman–Crippen LogP) is 4.48. The molecule has 0 N–H and O–H groups in total. The van der Waals surface area contributed by atoms with Crippen molar-refractivity contribution < 1.29 is 22.8 Å². The first-order chi connectivity index (χ1) is 13.9. The number of imide groups is 1. The number of anilines is 1. The van der Waals surface area contributed by atoms with Gasteiger partial charge in [0, 0.05) is 13.1 Å². The van der Waals surface area contributed by atoms with Crippen LogP contribution >= 0.6 is 0 Å². The summed E-state index contributed by atoms with van der Waals surface area (Å²) in [4.78, 5) is 29.4. The fraction of sp³-hybridized carbons (Fsp3) is 0.273. The van der Waals surface area contributed by atoms with E-state index in [1.807, 2.05) is 11.0 Å². The third-order valence-electron chi connectivity index (χ3n) is 5.25. The van der Waals surface area contributed by atoms with Crippen molar-refractivity contribution in [2.24, 2.45) is 0 Å². The minimum absolute atomic E-state index is 0.133. The van der Waals surface area contributed by atoms with Gasteiger partial charge in [0.2, 0.25) is 0 Å². The quantitative estimate of drug-likeness (QED) is 0.714. The van der Waals surface area contributed by atoms with Crippen LogP contribution in [0.25, 0.3) is 5.57 Å². The van der Waals surface area contributed by atoms with Crippen molar-refractivity contribution in [1.82, 2.24) is 4.90 Å². The van der Waals surface area contributed by atoms with Crippen LogP contribution in [0.2, 0.25) is 0 Å². The molecule has 0 radical (unpaired) electrons. The number of amides is 2. The fourth-order valence-electron chi connectivity index (χ4n) is 3.83. The Kier molecular flexibility index (Phi) is 4.90. The van der Waals surface area contributed by atoms with E-state index in [2.05, 4.69) is 0 Å². The molecule has 2 heterocycles. The van der Waals surface area contributed by atoms with E-state index in [0.717, 1.165) is 36.3 Å². The van der Waals surface area contributed by atoms with Crippen LogP contribution in [0.1, 0.15) is 30.4 Å².